The first-order chi connectivity index (χ1) is 5.95. The van der Waals surface area contributed by atoms with E-state index in [1.165, 1.54) is 15.2 Å². The molecule has 2 aromatic carbocycles. The first-order valence-electron chi connectivity index (χ1n) is 3.97. The molecule has 0 N–H and O–H groups in total. The highest BCUT2D eigenvalue weighted by Gasteiger charge is 2.17. The Kier molecular flexibility index (Phi) is 1.23. The van der Waals surface area contributed by atoms with Crippen molar-refractivity contribution in [3.8, 4) is 5.75 Å². The molecule has 0 fully saturated rings. The van der Waals surface area contributed by atoms with Gasteiger partial charge in [0, 0.05) is 5.39 Å². The van der Waals surface area contributed by atoms with E-state index >= 15 is 0 Å². The molecule has 0 spiro atoms. The molecule has 0 aromatic heterocycles. The third-order valence-corrected chi connectivity index (χ3v) is 3.32. The molecule has 3 rings (SSSR count). The minimum atomic E-state index is 0.0192. The molecule has 55 valence electrons. The highest BCUT2D eigenvalue weighted by atomic mass is 27.1. The molecule has 2 aromatic rings. The van der Waals surface area contributed by atoms with Crippen LogP contribution in [-0.4, -0.2) is 15.6 Å². The Balaban J connectivity index is 2.58. The van der Waals surface area contributed by atoms with Crippen LogP contribution in [0.25, 0.3) is 10.8 Å². The summed E-state index contributed by atoms with van der Waals surface area (Å²) in [5.41, 5.74) is 0. The van der Waals surface area contributed by atoms with E-state index in [1.807, 2.05) is 12.1 Å². The summed E-state index contributed by atoms with van der Waals surface area (Å²) in [7, 11) is 0. The van der Waals surface area contributed by atoms with E-state index in [9.17, 15) is 0 Å². The summed E-state index contributed by atoms with van der Waals surface area (Å²) < 4.78 is 6.99. The highest BCUT2D eigenvalue weighted by molar-refractivity contribution is 6.55. The molecule has 1 nitrogen and oxygen atoms in total. The second-order valence-corrected chi connectivity index (χ2v) is 4.03. The topological polar surface area (TPSA) is 9.23 Å². The molecule has 0 bridgehead atoms. The second-order valence-electron chi connectivity index (χ2n) is 2.94. The molecule has 0 unspecified atom stereocenters. The molecular weight excluding hydrogens is 163 g/mol. The minimum Gasteiger partial charge on any atom is -0.644 e. The van der Waals surface area contributed by atoms with Crippen molar-refractivity contribution in [2.75, 3.05) is 0 Å². The molecule has 1 aliphatic rings. The predicted molar refractivity (Wildman–Crippen MR) is 50.0 cm³/mol. The molecule has 0 atom stereocenters. The van der Waals surface area contributed by atoms with Crippen molar-refractivity contribution in [2.45, 2.75) is 0 Å². The van der Waals surface area contributed by atoms with Crippen molar-refractivity contribution in [2.24, 2.45) is 0 Å². The van der Waals surface area contributed by atoms with Crippen molar-refractivity contribution in [1.82, 2.24) is 0 Å². The van der Waals surface area contributed by atoms with Crippen LogP contribution in [0.5, 0.6) is 5.75 Å². The van der Waals surface area contributed by atoms with Crippen molar-refractivity contribution < 1.29 is 3.79 Å². The maximum atomic E-state index is 5.60. The summed E-state index contributed by atoms with van der Waals surface area (Å²) in [4.78, 5) is 0. The highest BCUT2D eigenvalue weighted by Crippen LogP contribution is 2.26. The zero-order valence-electron chi connectivity index (χ0n) is 6.45. The lowest BCUT2D eigenvalue weighted by Crippen LogP contribution is -2.12. The standard InChI is InChI=1S/C10H7O.Al/c11-10-7-3-5-8-4-1-2-6-9(8)10;/h1-5,7,11H;/q;+1/p-1. The maximum Gasteiger partial charge on any atom is 0.571 e. The van der Waals surface area contributed by atoms with Gasteiger partial charge in [0.1, 0.15) is 0 Å². The van der Waals surface area contributed by atoms with Gasteiger partial charge in [-0.1, -0.05) is 34.8 Å². The Morgan fingerprint density at radius 3 is 2.75 bits per heavy atom. The minimum absolute atomic E-state index is 0.0192. The van der Waals surface area contributed by atoms with Gasteiger partial charge < -0.3 is 3.79 Å². The molecule has 0 saturated heterocycles. The third-order valence-electron chi connectivity index (χ3n) is 2.21. The fraction of sp³-hybridized carbons (Fsp3) is 0. The van der Waals surface area contributed by atoms with Gasteiger partial charge in [0.2, 0.25) is 0 Å². The van der Waals surface area contributed by atoms with E-state index in [1.54, 1.807) is 0 Å². The van der Waals surface area contributed by atoms with Gasteiger partial charge in [-0.15, -0.1) is 0 Å². The molecule has 1 aliphatic heterocycles. The Morgan fingerprint density at radius 1 is 1.00 bits per heavy atom. The molecular formula is C10H6AlO. The van der Waals surface area contributed by atoms with Gasteiger partial charge in [0.05, 0.1) is 5.75 Å². The average Bonchev–Trinajstić information content (AvgIpc) is 2.52. The summed E-state index contributed by atoms with van der Waals surface area (Å²) in [6.45, 7) is 0. The summed E-state index contributed by atoms with van der Waals surface area (Å²) in [6.07, 6.45) is 0. The predicted octanol–water partition coefficient (Wildman–Crippen LogP) is 1.48. The number of rotatable bonds is 0. The van der Waals surface area contributed by atoms with Crippen LogP contribution in [-0.2, 0) is 0 Å². The Morgan fingerprint density at radius 2 is 1.83 bits per heavy atom. The fourth-order valence-electron chi connectivity index (χ4n) is 1.66. The summed E-state index contributed by atoms with van der Waals surface area (Å²) in [5, 5.41) is 2.63. The van der Waals surface area contributed by atoms with E-state index in [0.717, 1.165) is 5.75 Å². The van der Waals surface area contributed by atoms with E-state index < -0.39 is 0 Å². The molecule has 1 heterocycles. The van der Waals surface area contributed by atoms with Crippen LogP contribution in [0.15, 0.2) is 36.4 Å². The quantitative estimate of drug-likeness (QED) is 0.543. The van der Waals surface area contributed by atoms with Crippen molar-refractivity contribution in [3.63, 3.8) is 0 Å². The van der Waals surface area contributed by atoms with Crippen LogP contribution in [0, 0.1) is 0 Å². The lowest BCUT2D eigenvalue weighted by atomic mass is 10.1. The summed E-state index contributed by atoms with van der Waals surface area (Å²) in [6, 6.07) is 12.6. The lowest BCUT2D eigenvalue weighted by Gasteiger charge is -2.00. The normalized spacial score (nSPS) is 12.7. The van der Waals surface area contributed by atoms with E-state index in [0.29, 0.717) is 0 Å². The van der Waals surface area contributed by atoms with E-state index in [2.05, 4.69) is 24.3 Å². The van der Waals surface area contributed by atoms with Crippen molar-refractivity contribution >= 4 is 30.8 Å². The van der Waals surface area contributed by atoms with Gasteiger partial charge in [-0.2, -0.15) is 0 Å². The Labute approximate surface area is 77.0 Å². The van der Waals surface area contributed by atoms with Gasteiger partial charge in [0.15, 0.2) is 0 Å². The lowest BCUT2D eigenvalue weighted by molar-refractivity contribution is 0.621. The van der Waals surface area contributed by atoms with Crippen LogP contribution in [0.4, 0.5) is 0 Å². The molecule has 0 saturated carbocycles. The first kappa shape index (κ1) is 6.54. The molecule has 0 aliphatic carbocycles. The summed E-state index contributed by atoms with van der Waals surface area (Å²) in [5.74, 6) is 1.07. The number of benzene rings is 2. The van der Waals surface area contributed by atoms with Gasteiger partial charge in [0.25, 0.3) is 0 Å². The monoisotopic (exact) mass is 169 g/mol. The van der Waals surface area contributed by atoms with Gasteiger partial charge in [-0.3, -0.25) is 0 Å². The molecule has 0 amide bonds. The SMILES string of the molecule is c1cc2c3[c](cccc3c1)[Al][O]2. The Bertz CT molecular complexity index is 412. The number of hydrogen-bond acceptors (Lipinski definition) is 1. The summed E-state index contributed by atoms with van der Waals surface area (Å²) >= 11 is 0.0192. The van der Waals surface area contributed by atoms with Crippen LogP contribution in [0.1, 0.15) is 0 Å². The fourth-order valence-corrected chi connectivity index (χ4v) is 2.72. The second kappa shape index (κ2) is 2.26. The van der Waals surface area contributed by atoms with Gasteiger partial charge in [-0.25, -0.2) is 0 Å². The van der Waals surface area contributed by atoms with Crippen LogP contribution < -0.4 is 8.21 Å². The first-order valence-corrected chi connectivity index (χ1v) is 5.02. The smallest absolute Gasteiger partial charge is 0.571 e. The van der Waals surface area contributed by atoms with Crippen LogP contribution >= 0.6 is 0 Å². The van der Waals surface area contributed by atoms with Crippen LogP contribution in [0.2, 0.25) is 0 Å². The zero-order chi connectivity index (χ0) is 7.97. The zero-order valence-corrected chi connectivity index (χ0v) is 7.60. The number of hydrogen-bond donors (Lipinski definition) is 0. The molecule has 12 heavy (non-hydrogen) atoms. The maximum absolute atomic E-state index is 5.60. The van der Waals surface area contributed by atoms with Crippen molar-refractivity contribution in [3.05, 3.63) is 36.4 Å². The largest absolute Gasteiger partial charge is 0.644 e. The van der Waals surface area contributed by atoms with E-state index in [-0.39, 0.29) is 15.6 Å². The van der Waals surface area contributed by atoms with Gasteiger partial charge in [-0.05, 0) is 11.5 Å². The van der Waals surface area contributed by atoms with Crippen molar-refractivity contribution in [1.29, 1.82) is 0 Å². The van der Waals surface area contributed by atoms with Gasteiger partial charge >= 0.3 is 15.6 Å². The molecule has 1 radical (unpaired) electrons. The van der Waals surface area contributed by atoms with E-state index in [4.69, 9.17) is 3.79 Å². The average molecular weight is 169 g/mol. The third kappa shape index (κ3) is 0.742. The molecule has 2 heteroatoms. The Hall–Kier alpha value is -0.968. The van der Waals surface area contributed by atoms with Crippen LogP contribution in [0.3, 0.4) is 0 Å².